The van der Waals surface area contributed by atoms with Crippen LogP contribution in [0.3, 0.4) is 0 Å². The highest BCUT2D eigenvalue weighted by molar-refractivity contribution is 5.95. The third-order valence-corrected chi connectivity index (χ3v) is 4.78. The Morgan fingerprint density at radius 1 is 1.37 bits per heavy atom. The van der Waals surface area contributed by atoms with Crippen LogP contribution in [-0.4, -0.2) is 41.6 Å². The van der Waals surface area contributed by atoms with Crippen molar-refractivity contribution in [2.45, 2.75) is 19.5 Å². The molecule has 154 valence electrons. The summed E-state index contributed by atoms with van der Waals surface area (Å²) < 4.78 is 25.2. The van der Waals surface area contributed by atoms with Crippen LogP contribution < -0.4 is 20.1 Å². The molecule has 2 aliphatic rings. The maximum atomic E-state index is 14.1. The molecule has 0 saturated heterocycles. The van der Waals surface area contributed by atoms with Gasteiger partial charge in [0.2, 0.25) is 5.91 Å². The van der Waals surface area contributed by atoms with Gasteiger partial charge in [0.1, 0.15) is 31.6 Å². The zero-order valence-corrected chi connectivity index (χ0v) is 16.1. The minimum Gasteiger partial charge on any atom is -0.486 e. The molecule has 2 N–H and O–H groups in total. The van der Waals surface area contributed by atoms with Crippen LogP contribution >= 0.6 is 0 Å². The van der Waals surface area contributed by atoms with Gasteiger partial charge < -0.3 is 25.0 Å². The van der Waals surface area contributed by atoms with Crippen LogP contribution in [0.25, 0.3) is 0 Å². The van der Waals surface area contributed by atoms with E-state index in [2.05, 4.69) is 15.6 Å². The molecule has 1 atom stereocenters. The Labute approximate surface area is 171 Å². The summed E-state index contributed by atoms with van der Waals surface area (Å²) in [7, 11) is 0. The number of benzene rings is 1. The van der Waals surface area contributed by atoms with Crippen molar-refractivity contribution in [2.24, 2.45) is 0 Å². The lowest BCUT2D eigenvalue weighted by Gasteiger charge is -2.30. The summed E-state index contributed by atoms with van der Waals surface area (Å²) >= 11 is 0. The molecule has 1 aromatic carbocycles. The first kappa shape index (κ1) is 19.4. The molecule has 0 spiro atoms. The van der Waals surface area contributed by atoms with E-state index in [1.165, 1.54) is 11.1 Å². The van der Waals surface area contributed by atoms with Crippen LogP contribution in [0.1, 0.15) is 29.8 Å². The molecule has 0 saturated carbocycles. The average molecular weight is 411 g/mol. The number of hydrogen-bond acceptors (Lipinski definition) is 6. The van der Waals surface area contributed by atoms with Crippen LogP contribution in [0.15, 0.2) is 24.4 Å². The van der Waals surface area contributed by atoms with Gasteiger partial charge in [0.05, 0.1) is 29.5 Å². The number of rotatable bonds is 4. The molecular weight excluding hydrogens is 393 g/mol. The Morgan fingerprint density at radius 3 is 2.80 bits per heavy atom. The van der Waals surface area contributed by atoms with Gasteiger partial charge in [-0.3, -0.25) is 9.78 Å². The van der Waals surface area contributed by atoms with Crippen molar-refractivity contribution in [3.63, 3.8) is 0 Å². The van der Waals surface area contributed by atoms with Crippen molar-refractivity contribution in [3.8, 4) is 17.6 Å². The van der Waals surface area contributed by atoms with Gasteiger partial charge in [-0.15, -0.1) is 0 Å². The van der Waals surface area contributed by atoms with E-state index >= 15 is 0 Å². The Kier molecular flexibility index (Phi) is 5.10. The second-order valence-electron chi connectivity index (χ2n) is 6.93. The molecule has 2 aliphatic heterocycles. The Bertz CT molecular complexity index is 1070. The number of anilines is 1. The van der Waals surface area contributed by atoms with Gasteiger partial charge in [0, 0.05) is 12.3 Å². The third-order valence-electron chi connectivity index (χ3n) is 4.78. The zero-order valence-electron chi connectivity index (χ0n) is 16.1. The zero-order chi connectivity index (χ0) is 21.3. The number of nitrogens with zero attached hydrogens (tertiary/aromatic N) is 3. The molecule has 0 unspecified atom stereocenters. The number of nitriles is 1. The number of urea groups is 1. The van der Waals surface area contributed by atoms with Crippen molar-refractivity contribution in [1.29, 1.82) is 5.26 Å². The average Bonchev–Trinajstić information content (AvgIpc) is 2.72. The molecule has 0 radical (unpaired) electrons. The predicted molar refractivity (Wildman–Crippen MR) is 102 cm³/mol. The third kappa shape index (κ3) is 3.82. The fraction of sp³-hybridized carbons (Fsp3) is 0.300. The van der Waals surface area contributed by atoms with E-state index in [9.17, 15) is 14.0 Å². The van der Waals surface area contributed by atoms with Gasteiger partial charge in [-0.2, -0.15) is 5.26 Å². The van der Waals surface area contributed by atoms with Gasteiger partial charge in [-0.1, -0.05) is 0 Å². The van der Waals surface area contributed by atoms with E-state index < -0.39 is 23.8 Å². The molecule has 0 bridgehead atoms. The van der Waals surface area contributed by atoms with Crippen LogP contribution in [0, 0.1) is 17.1 Å². The number of carbonyl (C=O) groups is 2. The number of aromatic nitrogens is 1. The second kappa shape index (κ2) is 7.87. The molecule has 2 aromatic rings. The smallest absolute Gasteiger partial charge is 0.322 e. The van der Waals surface area contributed by atoms with Crippen LogP contribution in [0.4, 0.5) is 14.9 Å². The largest absolute Gasteiger partial charge is 0.486 e. The van der Waals surface area contributed by atoms with Crippen LogP contribution in [0.2, 0.25) is 0 Å². The lowest BCUT2D eigenvalue weighted by molar-refractivity contribution is -0.122. The van der Waals surface area contributed by atoms with Crippen molar-refractivity contribution in [1.82, 2.24) is 15.2 Å². The summed E-state index contributed by atoms with van der Waals surface area (Å²) in [5.41, 5.74) is 1.51. The Morgan fingerprint density at radius 2 is 2.10 bits per heavy atom. The quantitative estimate of drug-likeness (QED) is 0.796. The summed E-state index contributed by atoms with van der Waals surface area (Å²) in [4.78, 5) is 30.1. The van der Waals surface area contributed by atoms with E-state index in [0.29, 0.717) is 30.4 Å². The highest BCUT2D eigenvalue weighted by Crippen LogP contribution is 2.37. The minimum atomic E-state index is -0.733. The number of pyridine rings is 1. The molecule has 0 fully saturated rings. The van der Waals surface area contributed by atoms with Gasteiger partial charge in [0.15, 0.2) is 11.5 Å². The van der Waals surface area contributed by atoms with Crippen LogP contribution in [0.5, 0.6) is 11.5 Å². The number of nitrogens with one attached hydrogen (secondary N) is 2. The SMILES string of the molecule is C[C@H](NC(=O)CN1Cc2cc3c(cc2NC1=O)OCCO3)c1ncc(C#N)cc1F. The summed E-state index contributed by atoms with van der Waals surface area (Å²) in [5, 5.41) is 14.2. The summed E-state index contributed by atoms with van der Waals surface area (Å²) in [5.74, 6) is 0.0106. The number of carbonyl (C=O) groups excluding carboxylic acids is 2. The molecule has 9 nitrogen and oxygen atoms in total. The first-order chi connectivity index (χ1) is 14.4. The molecule has 3 heterocycles. The van der Waals surface area contributed by atoms with Crippen LogP contribution in [-0.2, 0) is 11.3 Å². The normalized spacial score (nSPS) is 15.5. The first-order valence-electron chi connectivity index (χ1n) is 9.28. The topological polar surface area (TPSA) is 117 Å². The number of ether oxygens (including phenoxy) is 2. The first-order valence-corrected chi connectivity index (χ1v) is 9.28. The van der Waals surface area contributed by atoms with E-state index in [1.807, 2.05) is 0 Å². The Balaban J connectivity index is 1.42. The minimum absolute atomic E-state index is 0.0135. The van der Waals surface area contributed by atoms with Gasteiger partial charge in [-0.05, 0) is 24.6 Å². The summed E-state index contributed by atoms with van der Waals surface area (Å²) in [6, 6.07) is 5.20. The molecule has 0 aliphatic carbocycles. The van der Waals surface area contributed by atoms with E-state index in [4.69, 9.17) is 14.7 Å². The molecular formula is C20H18FN5O4. The fourth-order valence-corrected chi connectivity index (χ4v) is 3.33. The maximum Gasteiger partial charge on any atom is 0.322 e. The van der Waals surface area contributed by atoms with E-state index in [1.54, 1.807) is 25.1 Å². The van der Waals surface area contributed by atoms with Crippen molar-refractivity contribution in [2.75, 3.05) is 25.1 Å². The second-order valence-corrected chi connectivity index (χ2v) is 6.93. The van der Waals surface area contributed by atoms with E-state index in [-0.39, 0.29) is 24.3 Å². The molecule has 30 heavy (non-hydrogen) atoms. The fourth-order valence-electron chi connectivity index (χ4n) is 3.33. The molecule has 4 rings (SSSR count). The number of halogens is 1. The monoisotopic (exact) mass is 411 g/mol. The molecule has 3 amide bonds. The maximum absolute atomic E-state index is 14.1. The Hall–Kier alpha value is -3.87. The van der Waals surface area contributed by atoms with Crippen molar-refractivity contribution < 1.29 is 23.5 Å². The molecule has 10 heteroatoms. The highest BCUT2D eigenvalue weighted by atomic mass is 19.1. The number of hydrogen-bond donors (Lipinski definition) is 2. The van der Waals surface area contributed by atoms with Gasteiger partial charge in [-0.25, -0.2) is 9.18 Å². The lowest BCUT2D eigenvalue weighted by atomic mass is 10.1. The lowest BCUT2D eigenvalue weighted by Crippen LogP contribution is -2.45. The van der Waals surface area contributed by atoms with E-state index in [0.717, 1.165) is 11.6 Å². The predicted octanol–water partition coefficient (Wildman–Crippen LogP) is 2.09. The van der Waals surface area contributed by atoms with Gasteiger partial charge >= 0.3 is 6.03 Å². The molecule has 1 aromatic heterocycles. The summed E-state index contributed by atoms with van der Waals surface area (Å²) in [6.07, 6.45) is 1.24. The summed E-state index contributed by atoms with van der Waals surface area (Å²) in [6.45, 7) is 2.45. The highest BCUT2D eigenvalue weighted by Gasteiger charge is 2.28. The van der Waals surface area contributed by atoms with Crippen molar-refractivity contribution in [3.05, 3.63) is 47.0 Å². The number of fused-ring (bicyclic) bond motifs is 2. The standard InChI is InChI=1S/C20H18FN5O4/c1-11(19-14(21)4-12(7-22)8-23-19)24-18(27)10-26-9-13-5-16-17(30-3-2-29-16)6-15(13)25-20(26)28/h4-6,8,11H,2-3,9-10H2,1H3,(H,24,27)(H,25,28)/t11-/m0/s1. The van der Waals surface area contributed by atoms with Crippen molar-refractivity contribution >= 4 is 17.6 Å². The van der Waals surface area contributed by atoms with Gasteiger partial charge in [0.25, 0.3) is 0 Å². The number of amides is 3.